The number of nitriles is 2. The predicted octanol–water partition coefficient (Wildman–Crippen LogP) is 5.54. The number of hydrogen-bond acceptors (Lipinski definition) is 4. The Bertz CT molecular complexity index is 434. The number of hydrogen-bond donors (Lipinski definition) is 0. The van der Waals surface area contributed by atoms with Crippen LogP contribution >= 0.6 is 0 Å². The zero-order valence-electron chi connectivity index (χ0n) is 14.7. The van der Waals surface area contributed by atoms with Crippen molar-refractivity contribution in [3.05, 3.63) is 12.7 Å². The Morgan fingerprint density at radius 3 is 1.88 bits per heavy atom. The van der Waals surface area contributed by atoms with Crippen molar-refractivity contribution >= 4 is 12.6 Å². The molecular weight excluding hydrogens is 312 g/mol. The van der Waals surface area contributed by atoms with E-state index in [4.69, 9.17) is 10.5 Å². The Kier molecular flexibility index (Phi) is 17.1. The fraction of sp³-hybridized carbons (Fsp3) is 0.714. The molecule has 0 heterocycles. The van der Waals surface area contributed by atoms with Gasteiger partial charge in [-0.05, 0) is 32.1 Å². The van der Waals surface area contributed by atoms with E-state index in [2.05, 4.69) is 12.6 Å². The molecule has 2 saturated carbocycles. The molecule has 4 heteroatoms. The summed E-state index contributed by atoms with van der Waals surface area (Å²) in [7, 11) is 0. The lowest BCUT2D eigenvalue weighted by molar-refractivity contribution is -0.118. The number of nitrogens with zero attached hydrogens (tertiary/aromatic N) is 2. The van der Waals surface area contributed by atoms with Crippen LogP contribution in [-0.2, 0) is 9.59 Å². The van der Waals surface area contributed by atoms with Gasteiger partial charge in [-0.15, -0.1) is 0 Å². The first-order valence-corrected chi connectivity index (χ1v) is 8.97. The molecule has 0 saturated heterocycles. The second-order valence-corrected chi connectivity index (χ2v) is 6.57. The van der Waals surface area contributed by atoms with Gasteiger partial charge in [0, 0.05) is 23.8 Å². The van der Waals surface area contributed by atoms with Crippen LogP contribution in [0.4, 0.5) is 0 Å². The van der Waals surface area contributed by atoms with Crippen molar-refractivity contribution in [2.24, 2.45) is 11.3 Å². The first kappa shape index (κ1) is 25.3. The molecule has 0 spiro atoms. The molecule has 0 aromatic rings. The van der Waals surface area contributed by atoms with Gasteiger partial charge in [0.25, 0.3) is 0 Å². The number of carbonyl (C=O) groups is 2. The van der Waals surface area contributed by atoms with E-state index in [1.165, 1.54) is 31.8 Å². The number of carbonyl (C=O) groups excluding carboxylic acids is 2. The Hall–Kier alpha value is -1.94. The molecule has 0 bridgehead atoms. The van der Waals surface area contributed by atoms with Gasteiger partial charge in [0.05, 0.1) is 12.1 Å². The Morgan fingerprint density at radius 1 is 1.00 bits per heavy atom. The molecule has 2 fully saturated rings. The molecule has 2 rings (SSSR count). The largest absolute Gasteiger partial charge is 0.303 e. The molecule has 4 nitrogen and oxygen atoms in total. The first-order chi connectivity index (χ1) is 11.7. The lowest BCUT2D eigenvalue weighted by Gasteiger charge is -2.31. The van der Waals surface area contributed by atoms with Gasteiger partial charge < -0.3 is 9.59 Å². The monoisotopic (exact) mass is 346 g/mol. The van der Waals surface area contributed by atoms with Gasteiger partial charge in [-0.25, -0.2) is 0 Å². The molecule has 0 aromatic heterocycles. The van der Waals surface area contributed by atoms with Crippen LogP contribution in [0.1, 0.15) is 84.5 Å². The van der Waals surface area contributed by atoms with E-state index in [1.54, 1.807) is 6.07 Å². The van der Waals surface area contributed by atoms with E-state index < -0.39 is 0 Å². The van der Waals surface area contributed by atoms with Crippen molar-refractivity contribution in [2.45, 2.75) is 84.5 Å². The third kappa shape index (κ3) is 12.1. The van der Waals surface area contributed by atoms with E-state index in [1.807, 2.05) is 0 Å². The highest BCUT2D eigenvalue weighted by Gasteiger charge is 2.30. The summed E-state index contributed by atoms with van der Waals surface area (Å²) in [5, 5.41) is 15.9. The van der Waals surface area contributed by atoms with Crippen LogP contribution in [0.3, 0.4) is 0 Å². The highest BCUT2D eigenvalue weighted by molar-refractivity contribution is 5.59. The summed E-state index contributed by atoms with van der Waals surface area (Å²) in [5.74, 6) is 0.406. The van der Waals surface area contributed by atoms with E-state index >= 15 is 0 Å². The topological polar surface area (TPSA) is 81.7 Å². The summed E-state index contributed by atoms with van der Waals surface area (Å²) in [6.07, 6.45) is 16.4. The van der Waals surface area contributed by atoms with E-state index in [-0.39, 0.29) is 12.8 Å². The van der Waals surface area contributed by atoms with Crippen LogP contribution in [0.25, 0.3) is 0 Å². The predicted molar refractivity (Wildman–Crippen MR) is 102 cm³/mol. The molecule has 0 aromatic carbocycles. The summed E-state index contributed by atoms with van der Waals surface area (Å²) in [6.45, 7) is 3.12. The van der Waals surface area contributed by atoms with Crippen molar-refractivity contribution < 1.29 is 9.59 Å². The van der Waals surface area contributed by atoms with Crippen LogP contribution in [0.2, 0.25) is 0 Å². The fourth-order valence-electron chi connectivity index (χ4n) is 3.26. The lowest BCUT2D eigenvalue weighted by Crippen LogP contribution is -2.25. The maximum absolute atomic E-state index is 10.9. The Morgan fingerprint density at radius 2 is 1.52 bits per heavy atom. The fourth-order valence-corrected chi connectivity index (χ4v) is 3.26. The smallest absolute Gasteiger partial charge is 0.126 e. The van der Waals surface area contributed by atoms with Crippen molar-refractivity contribution in [1.29, 1.82) is 10.5 Å². The van der Waals surface area contributed by atoms with E-state index in [0.717, 1.165) is 57.5 Å². The summed E-state index contributed by atoms with van der Waals surface area (Å²) in [6, 6.07) is 3.81. The molecule has 140 valence electrons. The molecule has 0 radical (unpaired) electrons. The van der Waals surface area contributed by atoms with Crippen molar-refractivity contribution in [2.75, 3.05) is 0 Å². The SMILES string of the molecule is C.C=CC#N.N#CCCC1(C=O)CCCCC1.O=CC1CCCCC1. The molecule has 0 atom stereocenters. The Balaban J connectivity index is 0. The quantitative estimate of drug-likeness (QED) is 0.494. The van der Waals surface area contributed by atoms with E-state index in [9.17, 15) is 9.59 Å². The lowest BCUT2D eigenvalue weighted by atomic mass is 9.72. The van der Waals surface area contributed by atoms with Crippen LogP contribution in [0, 0.1) is 34.0 Å². The van der Waals surface area contributed by atoms with Gasteiger partial charge in [-0.1, -0.05) is 52.5 Å². The molecule has 25 heavy (non-hydrogen) atoms. The molecule has 2 aliphatic rings. The second kappa shape index (κ2) is 16.9. The van der Waals surface area contributed by atoms with Crippen LogP contribution in [-0.4, -0.2) is 12.6 Å². The summed E-state index contributed by atoms with van der Waals surface area (Å²) < 4.78 is 0. The van der Waals surface area contributed by atoms with Crippen LogP contribution < -0.4 is 0 Å². The van der Waals surface area contributed by atoms with Gasteiger partial charge in [0.1, 0.15) is 12.6 Å². The third-order valence-electron chi connectivity index (χ3n) is 4.77. The molecule has 2 aliphatic carbocycles. The minimum absolute atomic E-state index is 0. The number of rotatable bonds is 4. The summed E-state index contributed by atoms with van der Waals surface area (Å²) in [4.78, 5) is 21.0. The second-order valence-electron chi connectivity index (χ2n) is 6.57. The van der Waals surface area contributed by atoms with Gasteiger partial charge in [0.2, 0.25) is 0 Å². The normalized spacial score (nSPS) is 18.2. The highest BCUT2D eigenvalue weighted by atomic mass is 16.1. The summed E-state index contributed by atoms with van der Waals surface area (Å²) in [5.41, 5.74) is -0.131. The minimum atomic E-state index is -0.131. The minimum Gasteiger partial charge on any atom is -0.303 e. The van der Waals surface area contributed by atoms with E-state index in [0.29, 0.717) is 12.3 Å². The first-order valence-electron chi connectivity index (χ1n) is 8.97. The van der Waals surface area contributed by atoms with Gasteiger partial charge in [-0.2, -0.15) is 10.5 Å². The molecule has 0 unspecified atom stereocenters. The summed E-state index contributed by atoms with van der Waals surface area (Å²) >= 11 is 0. The van der Waals surface area contributed by atoms with Gasteiger partial charge in [-0.3, -0.25) is 0 Å². The van der Waals surface area contributed by atoms with Crippen molar-refractivity contribution in [3.63, 3.8) is 0 Å². The van der Waals surface area contributed by atoms with Crippen molar-refractivity contribution in [3.8, 4) is 12.1 Å². The zero-order valence-corrected chi connectivity index (χ0v) is 14.7. The standard InChI is InChI=1S/C10H15NO.C7H12O.C3H3N.CH4/c11-8-4-7-10(9-12)5-2-1-3-6-10;8-6-7-4-2-1-3-5-7;1-2-3-4;/h9H,1-7H2;6-7H,1-5H2;2H,1H2;1H4. The van der Waals surface area contributed by atoms with Crippen molar-refractivity contribution in [1.82, 2.24) is 0 Å². The number of allylic oxidation sites excluding steroid dienone is 1. The van der Waals surface area contributed by atoms with Gasteiger partial charge in [0.15, 0.2) is 0 Å². The number of aldehydes is 2. The van der Waals surface area contributed by atoms with Gasteiger partial charge >= 0.3 is 0 Å². The maximum atomic E-state index is 10.9. The third-order valence-corrected chi connectivity index (χ3v) is 4.77. The van der Waals surface area contributed by atoms with Crippen LogP contribution in [0.15, 0.2) is 12.7 Å². The Labute approximate surface area is 153 Å². The zero-order chi connectivity index (χ0) is 18.1. The average Bonchev–Trinajstić information content (AvgIpc) is 2.68. The molecule has 0 aliphatic heterocycles. The van der Waals surface area contributed by atoms with Crippen LogP contribution in [0.5, 0.6) is 0 Å². The maximum Gasteiger partial charge on any atom is 0.126 e. The molecule has 0 N–H and O–H groups in total. The average molecular weight is 347 g/mol. The molecular formula is C21H34N2O2. The highest BCUT2D eigenvalue weighted by Crippen LogP contribution is 2.38. The molecule has 0 amide bonds.